The number of aryl methyl sites for hydroxylation is 2. The average molecular weight is 250 g/mol. The molecule has 0 saturated heterocycles. The van der Waals surface area contributed by atoms with Gasteiger partial charge in [-0.3, -0.25) is 0 Å². The summed E-state index contributed by atoms with van der Waals surface area (Å²) in [6.07, 6.45) is 1.73. The van der Waals surface area contributed by atoms with Crippen molar-refractivity contribution in [3.8, 4) is 0 Å². The van der Waals surface area contributed by atoms with Crippen molar-refractivity contribution in [3.05, 3.63) is 40.8 Å². The Labute approximate surface area is 104 Å². The van der Waals surface area contributed by atoms with Crippen LogP contribution < -0.4 is 5.32 Å². The van der Waals surface area contributed by atoms with Gasteiger partial charge in [-0.15, -0.1) is 0 Å². The molecular weight excluding hydrogens is 238 g/mol. The molecule has 0 spiro atoms. The van der Waals surface area contributed by atoms with Crippen LogP contribution in [0.3, 0.4) is 0 Å². The molecule has 1 N–H and O–H groups in total. The molecule has 5 nitrogen and oxygen atoms in total. The summed E-state index contributed by atoms with van der Waals surface area (Å²) in [5, 5.41) is 3.57. The molecule has 0 aliphatic heterocycles. The van der Waals surface area contributed by atoms with Crippen LogP contribution in [0.1, 0.15) is 17.3 Å². The molecular formula is C11H12ClN5. The maximum absolute atomic E-state index is 5.84. The van der Waals surface area contributed by atoms with Crippen LogP contribution in [0, 0.1) is 13.8 Å². The second kappa shape index (κ2) is 5.05. The molecule has 0 aliphatic carbocycles. The number of aromatic nitrogens is 4. The Balaban J connectivity index is 2.07. The van der Waals surface area contributed by atoms with Gasteiger partial charge in [-0.1, -0.05) is 11.6 Å². The molecule has 0 atom stereocenters. The quantitative estimate of drug-likeness (QED) is 0.845. The first kappa shape index (κ1) is 11.7. The van der Waals surface area contributed by atoms with Gasteiger partial charge >= 0.3 is 0 Å². The molecule has 0 unspecified atom stereocenters. The van der Waals surface area contributed by atoms with E-state index < -0.39 is 0 Å². The second-order valence-electron chi connectivity index (χ2n) is 3.57. The first-order valence-corrected chi connectivity index (χ1v) is 5.55. The van der Waals surface area contributed by atoms with Gasteiger partial charge in [0.25, 0.3) is 0 Å². The van der Waals surface area contributed by atoms with Crippen molar-refractivity contribution in [2.75, 3.05) is 5.32 Å². The summed E-state index contributed by atoms with van der Waals surface area (Å²) < 4.78 is 0. The zero-order valence-corrected chi connectivity index (χ0v) is 10.4. The first-order valence-electron chi connectivity index (χ1n) is 5.17. The number of halogens is 1. The highest BCUT2D eigenvalue weighted by Crippen LogP contribution is 2.11. The number of anilines is 1. The largest absolute Gasteiger partial charge is 0.364 e. The number of hydrogen-bond acceptors (Lipinski definition) is 5. The summed E-state index contributed by atoms with van der Waals surface area (Å²) in [6.45, 7) is 4.23. The topological polar surface area (TPSA) is 63.6 Å². The molecule has 6 heteroatoms. The number of nitrogens with one attached hydrogen (secondary N) is 1. The minimum absolute atomic E-state index is 0.430. The predicted molar refractivity (Wildman–Crippen MR) is 65.9 cm³/mol. The van der Waals surface area contributed by atoms with Crippen LogP contribution in [0.2, 0.25) is 5.15 Å². The van der Waals surface area contributed by atoms with E-state index in [-0.39, 0.29) is 0 Å². The lowest BCUT2D eigenvalue weighted by Gasteiger charge is -2.06. The predicted octanol–water partition coefficient (Wildman–Crippen LogP) is 2.15. The van der Waals surface area contributed by atoms with E-state index in [1.165, 1.54) is 0 Å². The summed E-state index contributed by atoms with van der Waals surface area (Å²) in [7, 11) is 0. The normalized spacial score (nSPS) is 10.3. The monoisotopic (exact) mass is 249 g/mol. The molecule has 0 saturated carbocycles. The highest BCUT2D eigenvalue weighted by Gasteiger charge is 2.00. The third kappa shape index (κ3) is 3.35. The van der Waals surface area contributed by atoms with E-state index in [1.807, 2.05) is 13.0 Å². The van der Waals surface area contributed by atoms with E-state index >= 15 is 0 Å². The van der Waals surface area contributed by atoms with Crippen LogP contribution in [0.5, 0.6) is 0 Å². The number of hydrogen-bond donors (Lipinski definition) is 1. The molecule has 2 aromatic heterocycles. The van der Waals surface area contributed by atoms with Crippen LogP contribution in [-0.2, 0) is 6.54 Å². The van der Waals surface area contributed by atoms with Gasteiger partial charge in [0.15, 0.2) is 0 Å². The molecule has 0 radical (unpaired) electrons. The van der Waals surface area contributed by atoms with Crippen LogP contribution in [0.4, 0.5) is 5.82 Å². The summed E-state index contributed by atoms with van der Waals surface area (Å²) in [5.74, 6) is 2.08. The van der Waals surface area contributed by atoms with Crippen LogP contribution in [0.15, 0.2) is 18.3 Å². The minimum atomic E-state index is 0.430. The molecule has 0 bridgehead atoms. The van der Waals surface area contributed by atoms with Gasteiger partial charge in [0.05, 0.1) is 12.2 Å². The zero-order chi connectivity index (χ0) is 12.3. The van der Waals surface area contributed by atoms with Crippen molar-refractivity contribution >= 4 is 17.4 Å². The van der Waals surface area contributed by atoms with E-state index in [0.29, 0.717) is 23.3 Å². The molecule has 0 amide bonds. The van der Waals surface area contributed by atoms with Crippen LogP contribution in [0.25, 0.3) is 0 Å². The van der Waals surface area contributed by atoms with Gasteiger partial charge in [0.1, 0.15) is 22.6 Å². The third-order valence-electron chi connectivity index (χ3n) is 2.09. The van der Waals surface area contributed by atoms with Gasteiger partial charge in [0.2, 0.25) is 0 Å². The van der Waals surface area contributed by atoms with Crippen molar-refractivity contribution in [2.24, 2.45) is 0 Å². The summed E-state index contributed by atoms with van der Waals surface area (Å²) >= 11 is 5.84. The van der Waals surface area contributed by atoms with E-state index in [0.717, 1.165) is 11.5 Å². The molecule has 0 aromatic carbocycles. The lowest BCUT2D eigenvalue weighted by Crippen LogP contribution is -2.05. The summed E-state index contributed by atoms with van der Waals surface area (Å²) in [5.41, 5.74) is 0.907. The van der Waals surface area contributed by atoms with Crippen molar-refractivity contribution < 1.29 is 0 Å². The van der Waals surface area contributed by atoms with Gasteiger partial charge in [0, 0.05) is 12.3 Å². The Morgan fingerprint density at radius 2 is 2.00 bits per heavy atom. The molecule has 0 fully saturated rings. The fourth-order valence-corrected chi connectivity index (χ4v) is 1.63. The fourth-order valence-electron chi connectivity index (χ4n) is 1.41. The van der Waals surface area contributed by atoms with E-state index in [1.54, 1.807) is 19.2 Å². The summed E-state index contributed by atoms with van der Waals surface area (Å²) in [4.78, 5) is 16.5. The standard InChI is InChI=1S/C11H12ClN5/c1-7-13-4-3-9(15-7)6-14-11-5-10(12)16-8(2)17-11/h3-5H,6H2,1-2H3,(H,14,16,17). The molecule has 2 rings (SSSR count). The highest BCUT2D eigenvalue weighted by atomic mass is 35.5. The molecule has 2 aromatic rings. The SMILES string of the molecule is Cc1nccc(CNc2cc(Cl)nc(C)n2)n1. The Bertz CT molecular complexity index is 509. The van der Waals surface area contributed by atoms with E-state index in [4.69, 9.17) is 11.6 Å². The number of nitrogens with zero attached hydrogens (tertiary/aromatic N) is 4. The Kier molecular flexibility index (Phi) is 3.49. The molecule has 0 aliphatic rings. The van der Waals surface area contributed by atoms with Crippen molar-refractivity contribution in [2.45, 2.75) is 20.4 Å². The van der Waals surface area contributed by atoms with Gasteiger partial charge in [-0.25, -0.2) is 19.9 Å². The first-order chi connectivity index (χ1) is 8.13. The van der Waals surface area contributed by atoms with Gasteiger partial charge in [-0.05, 0) is 19.9 Å². The third-order valence-corrected chi connectivity index (χ3v) is 2.28. The van der Waals surface area contributed by atoms with Gasteiger partial charge < -0.3 is 5.32 Å². The maximum atomic E-state index is 5.84. The smallest absolute Gasteiger partial charge is 0.134 e. The van der Waals surface area contributed by atoms with Crippen molar-refractivity contribution in [3.63, 3.8) is 0 Å². The lowest BCUT2D eigenvalue weighted by atomic mass is 10.4. The fraction of sp³-hybridized carbons (Fsp3) is 0.273. The molecule has 88 valence electrons. The Morgan fingerprint density at radius 1 is 1.18 bits per heavy atom. The zero-order valence-electron chi connectivity index (χ0n) is 9.61. The lowest BCUT2D eigenvalue weighted by molar-refractivity contribution is 0.942. The summed E-state index contributed by atoms with van der Waals surface area (Å²) in [6, 6.07) is 3.54. The van der Waals surface area contributed by atoms with Crippen LogP contribution >= 0.6 is 11.6 Å². The Hall–Kier alpha value is -1.75. The number of rotatable bonds is 3. The van der Waals surface area contributed by atoms with Crippen molar-refractivity contribution in [1.29, 1.82) is 0 Å². The van der Waals surface area contributed by atoms with Crippen LogP contribution in [-0.4, -0.2) is 19.9 Å². The second-order valence-corrected chi connectivity index (χ2v) is 3.96. The molecule has 2 heterocycles. The average Bonchev–Trinajstić information content (AvgIpc) is 2.25. The highest BCUT2D eigenvalue weighted by molar-refractivity contribution is 6.29. The Morgan fingerprint density at radius 3 is 2.71 bits per heavy atom. The minimum Gasteiger partial charge on any atom is -0.364 e. The van der Waals surface area contributed by atoms with Gasteiger partial charge in [-0.2, -0.15) is 0 Å². The van der Waals surface area contributed by atoms with E-state index in [9.17, 15) is 0 Å². The van der Waals surface area contributed by atoms with Crippen molar-refractivity contribution in [1.82, 2.24) is 19.9 Å². The maximum Gasteiger partial charge on any atom is 0.134 e. The van der Waals surface area contributed by atoms with E-state index in [2.05, 4.69) is 25.3 Å². The molecule has 17 heavy (non-hydrogen) atoms.